The minimum atomic E-state index is -0.354. The molecule has 0 N–H and O–H groups in total. The standard InChI is InChI=1S/C25H27FN4O4/c1-34-22-6-3-2-5-20(22)24(32)28-13-4-14-29(16-15-28)25(33)21-11-12-23(31)30(27-21)17-18-7-9-19(26)10-8-18/h2-3,5-10H,4,11-17H2,1H3. The molecule has 9 heteroatoms. The quantitative estimate of drug-likeness (QED) is 0.679. The van der Waals surface area contributed by atoms with E-state index < -0.39 is 0 Å². The Morgan fingerprint density at radius 1 is 0.941 bits per heavy atom. The zero-order valence-corrected chi connectivity index (χ0v) is 19.1. The predicted molar refractivity (Wildman–Crippen MR) is 124 cm³/mol. The lowest BCUT2D eigenvalue weighted by molar-refractivity contribution is -0.132. The fourth-order valence-corrected chi connectivity index (χ4v) is 4.14. The number of carbonyl (C=O) groups excluding carboxylic acids is 3. The van der Waals surface area contributed by atoms with Crippen molar-refractivity contribution >= 4 is 23.4 Å². The van der Waals surface area contributed by atoms with Crippen LogP contribution in [-0.4, -0.2) is 71.5 Å². The van der Waals surface area contributed by atoms with E-state index in [1.807, 2.05) is 6.07 Å². The van der Waals surface area contributed by atoms with Crippen LogP contribution in [0.5, 0.6) is 5.75 Å². The van der Waals surface area contributed by atoms with Gasteiger partial charge in [0.1, 0.15) is 17.3 Å². The summed E-state index contributed by atoms with van der Waals surface area (Å²) in [6.07, 6.45) is 1.11. The van der Waals surface area contributed by atoms with Crippen molar-refractivity contribution in [3.63, 3.8) is 0 Å². The van der Waals surface area contributed by atoms with Gasteiger partial charge in [0, 0.05) is 39.0 Å². The molecule has 3 amide bonds. The first kappa shape index (κ1) is 23.4. The molecule has 8 nitrogen and oxygen atoms in total. The third-order valence-corrected chi connectivity index (χ3v) is 6.01. The van der Waals surface area contributed by atoms with Crippen LogP contribution < -0.4 is 4.74 Å². The van der Waals surface area contributed by atoms with Crippen LogP contribution in [-0.2, 0) is 16.1 Å². The molecule has 0 aliphatic carbocycles. The highest BCUT2D eigenvalue weighted by Crippen LogP contribution is 2.21. The molecule has 0 radical (unpaired) electrons. The number of amides is 3. The summed E-state index contributed by atoms with van der Waals surface area (Å²) in [5.74, 6) is -0.356. The third-order valence-electron chi connectivity index (χ3n) is 6.01. The first-order chi connectivity index (χ1) is 16.5. The first-order valence-electron chi connectivity index (χ1n) is 11.3. The van der Waals surface area contributed by atoms with Crippen LogP contribution in [0.2, 0.25) is 0 Å². The second-order valence-electron chi connectivity index (χ2n) is 8.26. The number of para-hydroxylation sites is 1. The van der Waals surface area contributed by atoms with Crippen LogP contribution >= 0.6 is 0 Å². The molecule has 1 saturated heterocycles. The van der Waals surface area contributed by atoms with Crippen LogP contribution in [0.25, 0.3) is 0 Å². The molecule has 2 aromatic carbocycles. The van der Waals surface area contributed by atoms with E-state index in [2.05, 4.69) is 5.10 Å². The van der Waals surface area contributed by atoms with E-state index in [1.54, 1.807) is 40.1 Å². The van der Waals surface area contributed by atoms with Crippen LogP contribution in [0.15, 0.2) is 53.6 Å². The second-order valence-corrected chi connectivity index (χ2v) is 8.26. The minimum absolute atomic E-state index is 0.127. The number of ether oxygens (including phenoxy) is 1. The first-order valence-corrected chi connectivity index (χ1v) is 11.3. The van der Waals surface area contributed by atoms with Gasteiger partial charge in [0.2, 0.25) is 5.91 Å². The number of nitrogens with zero attached hydrogens (tertiary/aromatic N) is 4. The molecule has 0 saturated carbocycles. The Morgan fingerprint density at radius 3 is 2.32 bits per heavy atom. The fraction of sp³-hybridized carbons (Fsp3) is 0.360. The van der Waals surface area contributed by atoms with Crippen molar-refractivity contribution in [2.45, 2.75) is 25.8 Å². The summed E-state index contributed by atoms with van der Waals surface area (Å²) < 4.78 is 18.5. The lowest BCUT2D eigenvalue weighted by atomic mass is 10.1. The van der Waals surface area contributed by atoms with Gasteiger partial charge in [-0.25, -0.2) is 9.40 Å². The number of hydrazone groups is 1. The van der Waals surface area contributed by atoms with Gasteiger partial charge in [-0.15, -0.1) is 0 Å². The molecule has 2 heterocycles. The summed E-state index contributed by atoms with van der Waals surface area (Å²) in [6, 6.07) is 12.9. The van der Waals surface area contributed by atoms with E-state index in [-0.39, 0.29) is 42.9 Å². The maximum Gasteiger partial charge on any atom is 0.270 e. The SMILES string of the molecule is COc1ccccc1C(=O)N1CCCN(C(=O)C2=NN(Cc3ccc(F)cc3)C(=O)CC2)CC1. The lowest BCUT2D eigenvalue weighted by Crippen LogP contribution is -2.43. The summed E-state index contributed by atoms with van der Waals surface area (Å²) in [6.45, 7) is 1.98. The topological polar surface area (TPSA) is 82.5 Å². The lowest BCUT2D eigenvalue weighted by Gasteiger charge is -2.27. The Balaban J connectivity index is 1.42. The van der Waals surface area contributed by atoms with Crippen molar-refractivity contribution in [3.05, 3.63) is 65.5 Å². The molecule has 178 valence electrons. The zero-order chi connectivity index (χ0) is 24.1. The van der Waals surface area contributed by atoms with E-state index in [1.165, 1.54) is 24.3 Å². The molecule has 0 atom stereocenters. The van der Waals surface area contributed by atoms with Gasteiger partial charge >= 0.3 is 0 Å². The molecule has 1 fully saturated rings. The smallest absolute Gasteiger partial charge is 0.270 e. The molecule has 2 aliphatic heterocycles. The Kier molecular flexibility index (Phi) is 7.20. The van der Waals surface area contributed by atoms with Crippen molar-refractivity contribution in [1.29, 1.82) is 0 Å². The third kappa shape index (κ3) is 5.24. The Labute approximate surface area is 197 Å². The van der Waals surface area contributed by atoms with E-state index in [0.717, 1.165) is 5.56 Å². The van der Waals surface area contributed by atoms with Gasteiger partial charge < -0.3 is 14.5 Å². The molecule has 2 aromatic rings. The Hall–Kier alpha value is -3.75. The van der Waals surface area contributed by atoms with E-state index in [9.17, 15) is 18.8 Å². The number of methoxy groups -OCH3 is 1. The molecule has 0 spiro atoms. The molecule has 0 bridgehead atoms. The van der Waals surface area contributed by atoms with Crippen LogP contribution in [0.1, 0.15) is 35.2 Å². The maximum atomic E-state index is 13.2. The summed E-state index contributed by atoms with van der Waals surface area (Å²) in [5, 5.41) is 5.61. The number of halogens is 1. The summed E-state index contributed by atoms with van der Waals surface area (Å²) in [7, 11) is 1.53. The zero-order valence-electron chi connectivity index (χ0n) is 19.1. The average molecular weight is 467 g/mol. The highest BCUT2D eigenvalue weighted by Gasteiger charge is 2.30. The molecule has 34 heavy (non-hydrogen) atoms. The van der Waals surface area contributed by atoms with Gasteiger partial charge in [0.05, 0.1) is 19.2 Å². The largest absolute Gasteiger partial charge is 0.496 e. The van der Waals surface area contributed by atoms with Gasteiger partial charge in [-0.1, -0.05) is 24.3 Å². The molecule has 4 rings (SSSR count). The molecule has 0 unspecified atom stereocenters. The normalized spacial score (nSPS) is 16.7. The Bertz CT molecular complexity index is 1100. The van der Waals surface area contributed by atoms with Crippen molar-refractivity contribution < 1.29 is 23.5 Å². The van der Waals surface area contributed by atoms with Crippen LogP contribution in [0.4, 0.5) is 4.39 Å². The van der Waals surface area contributed by atoms with Crippen molar-refractivity contribution in [2.75, 3.05) is 33.3 Å². The van der Waals surface area contributed by atoms with Gasteiger partial charge in [-0.05, 0) is 36.2 Å². The Morgan fingerprint density at radius 2 is 1.62 bits per heavy atom. The van der Waals surface area contributed by atoms with Crippen molar-refractivity contribution in [2.24, 2.45) is 5.10 Å². The van der Waals surface area contributed by atoms with Gasteiger partial charge in [-0.2, -0.15) is 5.10 Å². The monoisotopic (exact) mass is 466 g/mol. The number of carbonyl (C=O) groups is 3. The van der Waals surface area contributed by atoms with Gasteiger partial charge in [-0.3, -0.25) is 14.4 Å². The molecule has 0 aromatic heterocycles. The van der Waals surface area contributed by atoms with E-state index in [4.69, 9.17) is 4.74 Å². The van der Waals surface area contributed by atoms with Gasteiger partial charge in [0.15, 0.2) is 0 Å². The summed E-state index contributed by atoms with van der Waals surface area (Å²) >= 11 is 0. The van der Waals surface area contributed by atoms with E-state index in [0.29, 0.717) is 49.6 Å². The number of hydrogen-bond acceptors (Lipinski definition) is 5. The fourth-order valence-electron chi connectivity index (χ4n) is 4.14. The summed E-state index contributed by atoms with van der Waals surface area (Å²) in [4.78, 5) is 42.0. The number of hydrogen-bond donors (Lipinski definition) is 0. The van der Waals surface area contributed by atoms with Crippen molar-refractivity contribution in [1.82, 2.24) is 14.8 Å². The van der Waals surface area contributed by atoms with Crippen molar-refractivity contribution in [3.8, 4) is 5.75 Å². The average Bonchev–Trinajstić information content (AvgIpc) is 3.12. The molecular formula is C25H27FN4O4. The van der Waals surface area contributed by atoms with E-state index >= 15 is 0 Å². The second kappa shape index (κ2) is 10.5. The van der Waals surface area contributed by atoms with Gasteiger partial charge in [0.25, 0.3) is 11.8 Å². The number of benzene rings is 2. The molecular weight excluding hydrogens is 439 g/mol. The van der Waals surface area contributed by atoms with Crippen LogP contribution in [0, 0.1) is 5.82 Å². The van der Waals surface area contributed by atoms with Crippen LogP contribution in [0.3, 0.4) is 0 Å². The predicted octanol–water partition coefficient (Wildman–Crippen LogP) is 2.69. The highest BCUT2D eigenvalue weighted by molar-refractivity contribution is 6.39. The molecule has 2 aliphatic rings. The summed E-state index contributed by atoms with van der Waals surface area (Å²) in [5.41, 5.74) is 1.55. The minimum Gasteiger partial charge on any atom is -0.496 e. The number of rotatable bonds is 5. The highest BCUT2D eigenvalue weighted by atomic mass is 19.1. The maximum absolute atomic E-state index is 13.2.